The summed E-state index contributed by atoms with van der Waals surface area (Å²) in [6, 6.07) is 5.43. The molecule has 1 unspecified atom stereocenters. The molecule has 1 aliphatic rings. The predicted octanol–water partition coefficient (Wildman–Crippen LogP) is 0.317. The number of nitrogen functional groups attached to an aromatic ring is 1. The Kier molecular flexibility index (Phi) is 4.22. The molecule has 1 atom stereocenters. The first-order valence-corrected chi connectivity index (χ1v) is 8.11. The topological polar surface area (TPSA) is 78.7 Å². The maximum Gasteiger partial charge on any atom is 0.242 e. The van der Waals surface area contributed by atoms with E-state index in [9.17, 15) is 8.42 Å². The van der Waals surface area contributed by atoms with E-state index in [0.29, 0.717) is 17.4 Å². The molecule has 1 saturated heterocycles. The second kappa shape index (κ2) is 5.59. The third-order valence-electron chi connectivity index (χ3n) is 3.84. The molecule has 1 heterocycles. The van der Waals surface area contributed by atoms with Crippen LogP contribution in [0.2, 0.25) is 0 Å². The van der Waals surface area contributed by atoms with Crippen LogP contribution in [0.25, 0.3) is 0 Å². The van der Waals surface area contributed by atoms with Crippen molar-refractivity contribution in [1.82, 2.24) is 9.62 Å². The molecule has 1 aliphatic heterocycles. The Labute approximate surface area is 120 Å². The summed E-state index contributed by atoms with van der Waals surface area (Å²) in [5.41, 5.74) is 6.90. The Hall–Kier alpha value is -1.31. The summed E-state index contributed by atoms with van der Waals surface area (Å²) in [7, 11) is -0.0257. The van der Waals surface area contributed by atoms with Crippen LogP contribution in [0.4, 0.5) is 11.4 Å². The molecule has 1 aromatic carbocycles. The largest absolute Gasteiger partial charge is 0.399 e. The average molecular weight is 298 g/mol. The number of hydrogen-bond acceptors (Lipinski definition) is 5. The average Bonchev–Trinajstić information content (AvgIpc) is 2.42. The van der Waals surface area contributed by atoms with E-state index in [1.54, 1.807) is 12.1 Å². The van der Waals surface area contributed by atoms with E-state index in [4.69, 9.17) is 5.73 Å². The summed E-state index contributed by atoms with van der Waals surface area (Å²) in [5.74, 6) is 0. The molecule has 2 rings (SSSR count). The Balaban J connectivity index is 2.42. The van der Waals surface area contributed by atoms with Crippen LogP contribution in [0.15, 0.2) is 23.1 Å². The van der Waals surface area contributed by atoms with Gasteiger partial charge in [0, 0.05) is 31.4 Å². The lowest BCUT2D eigenvalue weighted by atomic mass is 10.1. The summed E-state index contributed by atoms with van der Waals surface area (Å²) in [4.78, 5) is 4.62. The van der Waals surface area contributed by atoms with Crippen molar-refractivity contribution in [3.8, 4) is 0 Å². The van der Waals surface area contributed by atoms with E-state index in [2.05, 4.69) is 28.5 Å². The molecule has 3 N–H and O–H groups in total. The fourth-order valence-electron chi connectivity index (χ4n) is 2.38. The minimum atomic E-state index is -3.52. The predicted molar refractivity (Wildman–Crippen MR) is 81.4 cm³/mol. The standard InChI is InChI=1S/C13H22N4O2S/c1-10-9-17(7-6-16(10)3)12-5-4-11(14)8-13(12)20(18,19)15-2/h4-5,8,10,15H,6-7,9,14H2,1-3H3. The number of likely N-dealkylation sites (N-methyl/N-ethyl adjacent to an activating group) is 1. The monoisotopic (exact) mass is 298 g/mol. The van der Waals surface area contributed by atoms with E-state index >= 15 is 0 Å². The fraction of sp³-hybridized carbons (Fsp3) is 0.538. The third-order valence-corrected chi connectivity index (χ3v) is 5.29. The minimum absolute atomic E-state index is 0.247. The van der Waals surface area contributed by atoms with Gasteiger partial charge in [0.05, 0.1) is 5.69 Å². The fourth-order valence-corrected chi connectivity index (χ4v) is 3.37. The Morgan fingerprint density at radius 3 is 2.65 bits per heavy atom. The Morgan fingerprint density at radius 1 is 1.35 bits per heavy atom. The quantitative estimate of drug-likeness (QED) is 0.786. The second-order valence-electron chi connectivity index (χ2n) is 5.21. The Bertz CT molecular complexity index is 588. The zero-order valence-corrected chi connectivity index (χ0v) is 12.9. The molecule has 7 heteroatoms. The zero-order valence-electron chi connectivity index (χ0n) is 12.1. The number of sulfonamides is 1. The van der Waals surface area contributed by atoms with Crippen molar-refractivity contribution in [2.24, 2.45) is 0 Å². The van der Waals surface area contributed by atoms with Gasteiger partial charge in [-0.1, -0.05) is 0 Å². The lowest BCUT2D eigenvalue weighted by Gasteiger charge is -2.39. The van der Waals surface area contributed by atoms with Gasteiger partial charge >= 0.3 is 0 Å². The van der Waals surface area contributed by atoms with Crippen LogP contribution in [-0.4, -0.2) is 53.1 Å². The van der Waals surface area contributed by atoms with Crippen molar-refractivity contribution in [2.45, 2.75) is 17.9 Å². The molecule has 112 valence electrons. The molecular formula is C13H22N4O2S. The van der Waals surface area contributed by atoms with E-state index in [1.807, 2.05) is 0 Å². The van der Waals surface area contributed by atoms with Gasteiger partial charge in [0.1, 0.15) is 4.90 Å². The highest BCUT2D eigenvalue weighted by molar-refractivity contribution is 7.89. The number of anilines is 2. The second-order valence-corrected chi connectivity index (χ2v) is 7.07. The molecule has 20 heavy (non-hydrogen) atoms. The van der Waals surface area contributed by atoms with Gasteiger partial charge in [-0.15, -0.1) is 0 Å². The van der Waals surface area contributed by atoms with Gasteiger partial charge in [0.25, 0.3) is 0 Å². The van der Waals surface area contributed by atoms with Crippen molar-refractivity contribution in [2.75, 3.05) is 44.4 Å². The number of benzene rings is 1. The number of nitrogens with two attached hydrogens (primary N) is 1. The maximum absolute atomic E-state index is 12.2. The highest BCUT2D eigenvalue weighted by atomic mass is 32.2. The maximum atomic E-state index is 12.2. The summed E-state index contributed by atoms with van der Waals surface area (Å²) in [5, 5.41) is 0. The third kappa shape index (κ3) is 2.89. The van der Waals surface area contributed by atoms with Gasteiger partial charge in [-0.25, -0.2) is 13.1 Å². The number of rotatable bonds is 3. The smallest absolute Gasteiger partial charge is 0.242 e. The molecule has 0 spiro atoms. The van der Waals surface area contributed by atoms with Crippen molar-refractivity contribution in [3.63, 3.8) is 0 Å². The van der Waals surface area contributed by atoms with Gasteiger partial charge in [-0.05, 0) is 39.2 Å². The summed E-state index contributed by atoms with van der Waals surface area (Å²) < 4.78 is 26.7. The van der Waals surface area contributed by atoms with Crippen molar-refractivity contribution in [1.29, 1.82) is 0 Å². The lowest BCUT2D eigenvalue weighted by molar-refractivity contribution is 0.233. The van der Waals surface area contributed by atoms with Crippen molar-refractivity contribution < 1.29 is 8.42 Å². The zero-order chi connectivity index (χ0) is 14.9. The van der Waals surface area contributed by atoms with E-state index in [0.717, 1.165) is 19.6 Å². The van der Waals surface area contributed by atoms with Crippen LogP contribution in [0.3, 0.4) is 0 Å². The highest BCUT2D eigenvalue weighted by Crippen LogP contribution is 2.28. The van der Waals surface area contributed by atoms with Crippen LogP contribution in [-0.2, 0) is 10.0 Å². The summed E-state index contributed by atoms with van der Waals surface area (Å²) in [6.07, 6.45) is 0. The summed E-state index contributed by atoms with van der Waals surface area (Å²) in [6.45, 7) is 4.64. The van der Waals surface area contributed by atoms with Crippen LogP contribution in [0.1, 0.15) is 6.92 Å². The van der Waals surface area contributed by atoms with Gasteiger partial charge in [0.15, 0.2) is 0 Å². The molecule has 0 amide bonds. The van der Waals surface area contributed by atoms with Crippen LogP contribution < -0.4 is 15.4 Å². The number of nitrogens with one attached hydrogen (secondary N) is 1. The molecule has 0 aliphatic carbocycles. The van der Waals surface area contributed by atoms with Crippen molar-refractivity contribution >= 4 is 21.4 Å². The van der Waals surface area contributed by atoms with Crippen molar-refractivity contribution in [3.05, 3.63) is 18.2 Å². The van der Waals surface area contributed by atoms with E-state index in [-0.39, 0.29) is 4.90 Å². The normalized spacial score (nSPS) is 21.1. The van der Waals surface area contributed by atoms with Gasteiger partial charge < -0.3 is 15.5 Å². The number of nitrogens with zero attached hydrogens (tertiary/aromatic N) is 2. The first kappa shape index (κ1) is 15.1. The molecule has 0 bridgehead atoms. The Morgan fingerprint density at radius 2 is 2.05 bits per heavy atom. The van der Waals surface area contributed by atoms with E-state index in [1.165, 1.54) is 13.1 Å². The van der Waals surface area contributed by atoms with E-state index < -0.39 is 10.0 Å². The van der Waals surface area contributed by atoms with Gasteiger partial charge in [-0.3, -0.25) is 0 Å². The number of hydrogen-bond donors (Lipinski definition) is 2. The van der Waals surface area contributed by atoms with Gasteiger partial charge in [0.2, 0.25) is 10.0 Å². The SMILES string of the molecule is CNS(=O)(=O)c1cc(N)ccc1N1CCN(C)C(C)C1. The molecular weight excluding hydrogens is 276 g/mol. The lowest BCUT2D eigenvalue weighted by Crippen LogP contribution is -2.50. The highest BCUT2D eigenvalue weighted by Gasteiger charge is 2.26. The molecule has 0 aromatic heterocycles. The molecule has 1 fully saturated rings. The molecule has 1 aromatic rings. The van der Waals surface area contributed by atoms with Crippen LogP contribution in [0.5, 0.6) is 0 Å². The van der Waals surface area contributed by atoms with Crippen LogP contribution in [0, 0.1) is 0 Å². The minimum Gasteiger partial charge on any atom is -0.399 e. The molecule has 0 radical (unpaired) electrons. The van der Waals surface area contributed by atoms with Gasteiger partial charge in [-0.2, -0.15) is 0 Å². The molecule has 6 nitrogen and oxygen atoms in total. The molecule has 0 saturated carbocycles. The number of piperazine rings is 1. The summed E-state index contributed by atoms with van der Waals surface area (Å²) >= 11 is 0. The first-order chi connectivity index (χ1) is 9.35. The van der Waals surface area contributed by atoms with Crippen LogP contribution >= 0.6 is 0 Å². The first-order valence-electron chi connectivity index (χ1n) is 6.63.